The first-order valence-corrected chi connectivity index (χ1v) is 20.1. The minimum absolute atomic E-state index is 0.691. The third-order valence-electron chi connectivity index (χ3n) is 11.9. The van der Waals surface area contributed by atoms with Gasteiger partial charge in [-0.05, 0) is 103 Å². The van der Waals surface area contributed by atoms with Crippen molar-refractivity contribution in [2.24, 2.45) is 0 Å². The van der Waals surface area contributed by atoms with Crippen molar-refractivity contribution in [2.45, 2.75) is 0 Å². The van der Waals surface area contributed by atoms with Gasteiger partial charge in [0.05, 0.1) is 22.2 Å². The summed E-state index contributed by atoms with van der Waals surface area (Å²) in [6, 6.07) is 76.4. The lowest BCUT2D eigenvalue weighted by Crippen LogP contribution is -2.00. The van der Waals surface area contributed by atoms with E-state index in [1.807, 2.05) is 0 Å². The molecule has 0 aliphatic heterocycles. The molecule has 0 bridgehead atoms. The molecule has 12 rings (SSSR count). The molecule has 0 amide bonds. The highest BCUT2D eigenvalue weighted by atomic mass is 15.0. The topological polar surface area (TPSA) is 30.7 Å². The van der Waals surface area contributed by atoms with E-state index in [-0.39, 0.29) is 0 Å². The van der Waals surface area contributed by atoms with E-state index in [1.165, 1.54) is 37.8 Å². The Bertz CT molecular complexity index is 3600. The lowest BCUT2D eigenvalue weighted by molar-refractivity contribution is 1.18. The van der Waals surface area contributed by atoms with Crippen LogP contribution in [-0.4, -0.2) is 14.5 Å². The third kappa shape index (κ3) is 5.51. The van der Waals surface area contributed by atoms with Gasteiger partial charge in [0.25, 0.3) is 0 Å². The van der Waals surface area contributed by atoms with Gasteiger partial charge in [-0.2, -0.15) is 0 Å². The summed E-state index contributed by atoms with van der Waals surface area (Å²) in [6.45, 7) is 0. The van der Waals surface area contributed by atoms with E-state index >= 15 is 0 Å². The van der Waals surface area contributed by atoms with Gasteiger partial charge < -0.3 is 4.57 Å². The van der Waals surface area contributed by atoms with Crippen LogP contribution in [0, 0.1) is 0 Å². The van der Waals surface area contributed by atoms with E-state index in [1.54, 1.807) is 0 Å². The predicted molar refractivity (Wildman–Crippen MR) is 248 cm³/mol. The Balaban J connectivity index is 1.17. The summed E-state index contributed by atoms with van der Waals surface area (Å²) in [5.41, 5.74) is 11.8. The van der Waals surface area contributed by atoms with Gasteiger partial charge in [-0.1, -0.05) is 164 Å². The Kier molecular flexibility index (Phi) is 7.54. The lowest BCUT2D eigenvalue weighted by Gasteiger charge is -2.17. The van der Waals surface area contributed by atoms with E-state index in [9.17, 15) is 0 Å². The Morgan fingerprint density at radius 1 is 0.305 bits per heavy atom. The number of fused-ring (bicyclic) bond motifs is 7. The molecular weight excluding hydrogens is 715 g/mol. The first-order chi connectivity index (χ1) is 29.2. The van der Waals surface area contributed by atoms with Crippen molar-refractivity contribution in [3.05, 3.63) is 212 Å². The molecule has 12 aromatic rings. The smallest absolute Gasteiger partial charge is 0.161 e. The molecule has 0 unspecified atom stereocenters. The first kappa shape index (κ1) is 33.3. The van der Waals surface area contributed by atoms with Crippen LogP contribution in [0.3, 0.4) is 0 Å². The summed E-state index contributed by atoms with van der Waals surface area (Å²) < 4.78 is 2.41. The zero-order chi connectivity index (χ0) is 38.9. The maximum atomic E-state index is 5.60. The molecule has 59 heavy (non-hydrogen) atoms. The molecule has 2 aromatic heterocycles. The fourth-order valence-corrected chi connectivity index (χ4v) is 9.11. The number of rotatable bonds is 5. The summed E-state index contributed by atoms with van der Waals surface area (Å²) in [4.78, 5) is 11.1. The number of para-hydroxylation sites is 1. The highest BCUT2D eigenvalue weighted by Crippen LogP contribution is 2.42. The van der Waals surface area contributed by atoms with E-state index in [0.29, 0.717) is 5.82 Å². The van der Waals surface area contributed by atoms with Crippen LogP contribution in [-0.2, 0) is 0 Å². The zero-order valence-electron chi connectivity index (χ0n) is 32.0. The molecule has 0 aliphatic carbocycles. The van der Waals surface area contributed by atoms with Crippen molar-refractivity contribution < 1.29 is 0 Å². The second-order valence-corrected chi connectivity index (χ2v) is 15.4. The predicted octanol–water partition coefficient (Wildman–Crippen LogP) is 14.9. The third-order valence-corrected chi connectivity index (χ3v) is 11.9. The Hall–Kier alpha value is -7.88. The van der Waals surface area contributed by atoms with Gasteiger partial charge in [0, 0.05) is 33.0 Å². The molecule has 10 aromatic carbocycles. The maximum Gasteiger partial charge on any atom is 0.161 e. The van der Waals surface area contributed by atoms with Crippen LogP contribution in [0.15, 0.2) is 212 Å². The van der Waals surface area contributed by atoms with Gasteiger partial charge in [-0.25, -0.2) is 9.97 Å². The molecule has 3 nitrogen and oxygen atoms in total. The Morgan fingerprint density at radius 2 is 0.898 bits per heavy atom. The van der Waals surface area contributed by atoms with Crippen LogP contribution in [0.4, 0.5) is 0 Å². The highest BCUT2D eigenvalue weighted by molar-refractivity contribution is 6.14. The SMILES string of the molecule is c1ccc(-c2cc3nc(-c4cc(-n5c6ccccc6c6cc7ccccc7cc65)cc5ccccc45)nc(-c4ccc5ccccc5c4)c3cc2-c2ccccc2)cc1. The maximum absolute atomic E-state index is 5.60. The number of hydrogen-bond acceptors (Lipinski definition) is 2. The van der Waals surface area contributed by atoms with Crippen molar-refractivity contribution in [2.75, 3.05) is 0 Å². The summed E-state index contributed by atoms with van der Waals surface area (Å²) in [5.74, 6) is 0.691. The molecule has 0 radical (unpaired) electrons. The van der Waals surface area contributed by atoms with Gasteiger partial charge >= 0.3 is 0 Å². The van der Waals surface area contributed by atoms with Crippen molar-refractivity contribution in [3.8, 4) is 50.6 Å². The molecule has 0 saturated heterocycles. The molecule has 0 fully saturated rings. The van der Waals surface area contributed by atoms with E-state index in [2.05, 4.69) is 217 Å². The summed E-state index contributed by atoms with van der Waals surface area (Å²) in [7, 11) is 0. The van der Waals surface area contributed by atoms with Crippen molar-refractivity contribution in [1.29, 1.82) is 0 Å². The van der Waals surface area contributed by atoms with Crippen molar-refractivity contribution in [1.82, 2.24) is 14.5 Å². The zero-order valence-corrected chi connectivity index (χ0v) is 32.0. The molecule has 0 saturated carbocycles. The molecule has 0 N–H and O–H groups in total. The fourth-order valence-electron chi connectivity index (χ4n) is 9.11. The van der Waals surface area contributed by atoms with Gasteiger partial charge in [0.15, 0.2) is 5.82 Å². The van der Waals surface area contributed by atoms with E-state index < -0.39 is 0 Å². The fraction of sp³-hybridized carbons (Fsp3) is 0. The van der Waals surface area contributed by atoms with E-state index in [0.717, 1.165) is 72.0 Å². The average molecular weight is 750 g/mol. The highest BCUT2D eigenvalue weighted by Gasteiger charge is 2.20. The van der Waals surface area contributed by atoms with Crippen LogP contribution in [0.25, 0.3) is 116 Å². The second-order valence-electron chi connectivity index (χ2n) is 15.4. The van der Waals surface area contributed by atoms with Gasteiger partial charge in [-0.3, -0.25) is 0 Å². The molecule has 0 aliphatic rings. The van der Waals surface area contributed by atoms with Gasteiger partial charge in [0.2, 0.25) is 0 Å². The molecule has 0 spiro atoms. The quantitative estimate of drug-likeness (QED) is 0.175. The monoisotopic (exact) mass is 749 g/mol. The van der Waals surface area contributed by atoms with Crippen LogP contribution in [0.2, 0.25) is 0 Å². The van der Waals surface area contributed by atoms with Gasteiger partial charge in [0.1, 0.15) is 0 Å². The number of aromatic nitrogens is 3. The van der Waals surface area contributed by atoms with Crippen LogP contribution < -0.4 is 0 Å². The Labute approximate surface area is 341 Å². The minimum atomic E-state index is 0.691. The second kappa shape index (κ2) is 13.4. The lowest BCUT2D eigenvalue weighted by atomic mass is 9.91. The van der Waals surface area contributed by atoms with Crippen LogP contribution >= 0.6 is 0 Å². The summed E-state index contributed by atoms with van der Waals surface area (Å²) >= 11 is 0. The number of nitrogens with zero attached hydrogens (tertiary/aromatic N) is 3. The molecule has 2 heterocycles. The number of benzene rings is 10. The first-order valence-electron chi connectivity index (χ1n) is 20.1. The van der Waals surface area contributed by atoms with Crippen molar-refractivity contribution >= 4 is 65.0 Å². The summed E-state index contributed by atoms with van der Waals surface area (Å²) in [6.07, 6.45) is 0. The molecular formula is C56H35N3. The van der Waals surface area contributed by atoms with Crippen molar-refractivity contribution in [3.63, 3.8) is 0 Å². The van der Waals surface area contributed by atoms with Crippen LogP contribution in [0.1, 0.15) is 0 Å². The largest absolute Gasteiger partial charge is 0.309 e. The van der Waals surface area contributed by atoms with Crippen LogP contribution in [0.5, 0.6) is 0 Å². The standard InChI is InChI=1S/C56H35N3/c1-3-16-37(17-4-1)47-34-51-52(35-48(47)38-18-5-2-6-19-38)57-56(58-55(51)43-28-27-36-15-7-8-20-39(36)29-43)50-33-44(30-42-23-11-12-24-45(42)50)59-53-26-14-13-25-46(53)49-31-40-21-9-10-22-41(40)32-54(49)59/h1-35H. The summed E-state index contributed by atoms with van der Waals surface area (Å²) in [5, 5.41) is 10.5. The number of hydrogen-bond donors (Lipinski definition) is 0. The minimum Gasteiger partial charge on any atom is -0.309 e. The molecule has 3 heteroatoms. The average Bonchev–Trinajstić information content (AvgIpc) is 3.63. The Morgan fingerprint density at radius 3 is 1.64 bits per heavy atom. The van der Waals surface area contributed by atoms with E-state index in [4.69, 9.17) is 9.97 Å². The van der Waals surface area contributed by atoms with Gasteiger partial charge in [-0.15, -0.1) is 0 Å². The normalized spacial score (nSPS) is 11.7. The molecule has 0 atom stereocenters. The molecule has 274 valence electrons.